The van der Waals surface area contributed by atoms with Crippen LogP contribution in [0.1, 0.15) is 65.7 Å². The number of hydrogen-bond acceptors (Lipinski definition) is 9. The minimum absolute atomic E-state index is 0.0151. The monoisotopic (exact) mass is 477 g/mol. The Kier molecular flexibility index (Phi) is 7.99. The maximum absolute atomic E-state index is 13.0. The number of aromatic nitrogens is 2. The summed E-state index contributed by atoms with van der Waals surface area (Å²) >= 11 is 0. The van der Waals surface area contributed by atoms with E-state index in [-0.39, 0.29) is 25.1 Å². The van der Waals surface area contributed by atoms with Crippen LogP contribution in [0.2, 0.25) is 0 Å². The Bertz CT molecular complexity index is 921. The maximum Gasteiger partial charge on any atom is 0.359 e. The van der Waals surface area contributed by atoms with Crippen LogP contribution in [-0.2, 0) is 13.8 Å². The molecule has 0 saturated carbocycles. The smallest absolute Gasteiger partial charge is 0.359 e. The standard InChI is InChI=1S/C20H36N3O8P/c1-7-19(6,31-32(28,29)20(27,8-2)9-3)12(5)15-13(24)14(25)17(30-15)23-10-11(4)16(21)22-18(23)26/h10,12-15,17,24-25,27H,7-9H2,1-6H3,(H,28,29)(H2,21,22,26). The molecule has 11 nitrogen and oxygen atoms in total. The van der Waals surface area contributed by atoms with E-state index in [1.165, 1.54) is 6.20 Å². The fourth-order valence-corrected chi connectivity index (χ4v) is 5.75. The number of aliphatic hydroxyl groups excluding tert-OH is 2. The molecule has 1 fully saturated rings. The predicted octanol–water partition coefficient (Wildman–Crippen LogP) is 1.27. The van der Waals surface area contributed by atoms with Gasteiger partial charge >= 0.3 is 13.3 Å². The first-order chi connectivity index (χ1) is 14.7. The van der Waals surface area contributed by atoms with E-state index in [1.54, 1.807) is 41.5 Å². The Balaban J connectivity index is 2.36. The Morgan fingerprint density at radius 3 is 2.34 bits per heavy atom. The number of aryl methyl sites for hydroxylation is 1. The molecule has 0 aromatic carbocycles. The fraction of sp³-hybridized carbons (Fsp3) is 0.800. The second kappa shape index (κ2) is 9.50. The molecule has 1 saturated heterocycles. The molecule has 0 bridgehead atoms. The highest BCUT2D eigenvalue weighted by atomic mass is 31.2. The molecule has 2 heterocycles. The third kappa shape index (κ3) is 4.65. The zero-order valence-corrected chi connectivity index (χ0v) is 20.3. The van der Waals surface area contributed by atoms with Crippen LogP contribution < -0.4 is 11.4 Å². The Labute approximate surface area is 187 Å². The molecule has 1 aromatic rings. The fourth-order valence-electron chi connectivity index (χ4n) is 3.92. The summed E-state index contributed by atoms with van der Waals surface area (Å²) in [5, 5.41) is 30.0. The number of ether oxygens (including phenoxy) is 1. The minimum Gasteiger partial charge on any atom is -0.388 e. The number of aliphatic hydroxyl groups is 3. The summed E-state index contributed by atoms with van der Waals surface area (Å²) in [7, 11) is -4.50. The summed E-state index contributed by atoms with van der Waals surface area (Å²) < 4.78 is 25.6. The van der Waals surface area contributed by atoms with Crippen molar-refractivity contribution in [3.05, 3.63) is 22.2 Å². The molecule has 0 amide bonds. The number of rotatable bonds is 9. The van der Waals surface area contributed by atoms with E-state index in [9.17, 15) is 29.6 Å². The second-order valence-electron chi connectivity index (χ2n) is 8.73. The summed E-state index contributed by atoms with van der Waals surface area (Å²) in [6.07, 6.45) is -3.49. The molecule has 1 aliphatic heterocycles. The molecule has 12 heteroatoms. The normalized spacial score (nSPS) is 28.8. The van der Waals surface area contributed by atoms with Crippen molar-refractivity contribution in [3.8, 4) is 0 Å². The first kappa shape index (κ1) is 26.9. The lowest BCUT2D eigenvalue weighted by atomic mass is 9.82. The topological polar surface area (TPSA) is 177 Å². The van der Waals surface area contributed by atoms with Crippen molar-refractivity contribution in [2.45, 2.75) is 96.3 Å². The molecule has 1 aliphatic rings. The van der Waals surface area contributed by atoms with Crippen molar-refractivity contribution >= 4 is 13.4 Å². The number of hydrogen-bond donors (Lipinski definition) is 5. The van der Waals surface area contributed by atoms with Gasteiger partial charge in [0.2, 0.25) is 0 Å². The summed E-state index contributed by atoms with van der Waals surface area (Å²) in [4.78, 5) is 26.6. The Hall–Kier alpha value is -1.33. The molecule has 32 heavy (non-hydrogen) atoms. The third-order valence-electron chi connectivity index (χ3n) is 6.87. The second-order valence-corrected chi connectivity index (χ2v) is 10.8. The van der Waals surface area contributed by atoms with Gasteiger partial charge in [-0.25, -0.2) is 4.79 Å². The van der Waals surface area contributed by atoms with Crippen molar-refractivity contribution < 1.29 is 34.0 Å². The van der Waals surface area contributed by atoms with E-state index in [0.29, 0.717) is 5.56 Å². The quantitative estimate of drug-likeness (QED) is 0.325. The number of nitrogens with zero attached hydrogens (tertiary/aromatic N) is 2. The van der Waals surface area contributed by atoms with Gasteiger partial charge in [-0.3, -0.25) is 13.7 Å². The van der Waals surface area contributed by atoms with Gasteiger partial charge in [0.15, 0.2) is 11.6 Å². The van der Waals surface area contributed by atoms with Crippen LogP contribution in [0, 0.1) is 12.8 Å². The minimum atomic E-state index is -4.50. The van der Waals surface area contributed by atoms with Gasteiger partial charge < -0.3 is 30.7 Å². The first-order valence-corrected chi connectivity index (χ1v) is 12.4. The van der Waals surface area contributed by atoms with E-state index in [0.717, 1.165) is 4.57 Å². The van der Waals surface area contributed by atoms with Crippen LogP contribution in [0.3, 0.4) is 0 Å². The van der Waals surface area contributed by atoms with Crippen LogP contribution in [0.4, 0.5) is 5.82 Å². The molecule has 7 atom stereocenters. The van der Waals surface area contributed by atoms with Crippen LogP contribution in [0.5, 0.6) is 0 Å². The molecule has 7 unspecified atom stereocenters. The largest absolute Gasteiger partial charge is 0.388 e. The summed E-state index contributed by atoms with van der Waals surface area (Å²) in [5.41, 5.74) is 4.10. The predicted molar refractivity (Wildman–Crippen MR) is 118 cm³/mol. The average molecular weight is 477 g/mol. The van der Waals surface area contributed by atoms with Gasteiger partial charge in [0.1, 0.15) is 18.0 Å². The zero-order chi connectivity index (χ0) is 24.6. The molecule has 0 radical (unpaired) electrons. The SMILES string of the molecule is CCC(C)(OP(=O)(O)C(O)(CC)CC)C(C)C1OC(n2cc(C)c(N)nc2=O)C(O)C1O. The highest BCUT2D eigenvalue weighted by Crippen LogP contribution is 2.61. The van der Waals surface area contributed by atoms with Crippen molar-refractivity contribution in [2.24, 2.45) is 5.92 Å². The molecule has 0 spiro atoms. The number of nitrogen functional groups attached to an aromatic ring is 1. The molecule has 2 rings (SSSR count). The van der Waals surface area contributed by atoms with E-state index >= 15 is 0 Å². The van der Waals surface area contributed by atoms with Crippen LogP contribution >= 0.6 is 7.60 Å². The molecule has 6 N–H and O–H groups in total. The lowest BCUT2D eigenvalue weighted by molar-refractivity contribution is -0.108. The van der Waals surface area contributed by atoms with Gasteiger partial charge in [-0.15, -0.1) is 0 Å². The lowest BCUT2D eigenvalue weighted by Gasteiger charge is -2.42. The molecule has 0 aliphatic carbocycles. The van der Waals surface area contributed by atoms with Gasteiger partial charge in [-0.05, 0) is 33.1 Å². The zero-order valence-electron chi connectivity index (χ0n) is 19.4. The van der Waals surface area contributed by atoms with E-state index in [2.05, 4.69) is 4.98 Å². The molecule has 184 valence electrons. The van der Waals surface area contributed by atoms with Gasteiger partial charge in [0, 0.05) is 17.7 Å². The highest BCUT2D eigenvalue weighted by Gasteiger charge is 2.54. The molecular weight excluding hydrogens is 441 g/mol. The first-order valence-electron chi connectivity index (χ1n) is 10.8. The van der Waals surface area contributed by atoms with Crippen molar-refractivity contribution in [1.29, 1.82) is 0 Å². The highest BCUT2D eigenvalue weighted by molar-refractivity contribution is 7.54. The van der Waals surface area contributed by atoms with Crippen molar-refractivity contribution in [3.63, 3.8) is 0 Å². The number of nitrogens with two attached hydrogens (primary N) is 1. The van der Waals surface area contributed by atoms with Crippen LogP contribution in [0.25, 0.3) is 0 Å². The van der Waals surface area contributed by atoms with E-state index < -0.39 is 54.7 Å². The van der Waals surface area contributed by atoms with Crippen molar-refractivity contribution in [2.75, 3.05) is 5.73 Å². The van der Waals surface area contributed by atoms with Gasteiger partial charge in [0.05, 0.1) is 11.7 Å². The average Bonchev–Trinajstić information content (AvgIpc) is 3.03. The maximum atomic E-state index is 13.0. The van der Waals surface area contributed by atoms with E-state index in [4.69, 9.17) is 15.0 Å². The van der Waals surface area contributed by atoms with Crippen LogP contribution in [-0.4, -0.2) is 59.0 Å². The summed E-state index contributed by atoms with van der Waals surface area (Å²) in [5.74, 6) is -0.659. The van der Waals surface area contributed by atoms with Crippen LogP contribution in [0.15, 0.2) is 11.0 Å². The Morgan fingerprint density at radius 2 is 1.84 bits per heavy atom. The molecule has 1 aromatic heterocycles. The summed E-state index contributed by atoms with van der Waals surface area (Å²) in [6, 6.07) is 0. The van der Waals surface area contributed by atoms with Gasteiger partial charge in [-0.2, -0.15) is 4.98 Å². The van der Waals surface area contributed by atoms with E-state index in [1.807, 2.05) is 0 Å². The lowest BCUT2D eigenvalue weighted by Crippen LogP contribution is -2.47. The van der Waals surface area contributed by atoms with Crippen molar-refractivity contribution in [1.82, 2.24) is 9.55 Å². The third-order valence-corrected chi connectivity index (χ3v) is 9.22. The van der Waals surface area contributed by atoms with Gasteiger partial charge in [-0.1, -0.05) is 27.7 Å². The number of anilines is 1. The Morgan fingerprint density at radius 1 is 1.28 bits per heavy atom. The van der Waals surface area contributed by atoms with Gasteiger partial charge in [0.25, 0.3) is 0 Å². The molecular formula is C20H36N3O8P. The summed E-state index contributed by atoms with van der Waals surface area (Å²) in [6.45, 7) is 9.79.